The first kappa shape index (κ1) is 7.80. The number of hydrogen-bond donors (Lipinski definition) is 5. The smallest absolute Gasteiger partial charge is 0.168 e. The van der Waals surface area contributed by atoms with Crippen molar-refractivity contribution in [3.63, 3.8) is 0 Å². The molecular formula is C3H12N4O. The van der Waals surface area contributed by atoms with Crippen molar-refractivity contribution < 1.29 is 5.11 Å². The van der Waals surface area contributed by atoms with E-state index in [2.05, 4.69) is 5.32 Å². The van der Waals surface area contributed by atoms with Crippen LogP contribution in [-0.2, 0) is 0 Å². The number of nitrogens with two attached hydrogens (primary N) is 3. The van der Waals surface area contributed by atoms with Crippen LogP contribution in [0.3, 0.4) is 0 Å². The SMILES string of the molecule is CC(N)(O)NC(N)N. The molecule has 5 heteroatoms. The average Bonchev–Trinajstić information content (AvgIpc) is 1.21. The van der Waals surface area contributed by atoms with Crippen molar-refractivity contribution in [2.75, 3.05) is 0 Å². The predicted molar refractivity (Wildman–Crippen MR) is 30.1 cm³/mol. The maximum absolute atomic E-state index is 8.69. The van der Waals surface area contributed by atoms with Crippen LogP contribution in [-0.4, -0.2) is 17.2 Å². The molecule has 0 rings (SSSR count). The predicted octanol–water partition coefficient (Wildman–Crippen LogP) is -2.60. The van der Waals surface area contributed by atoms with E-state index >= 15 is 0 Å². The van der Waals surface area contributed by atoms with E-state index in [0.29, 0.717) is 0 Å². The van der Waals surface area contributed by atoms with E-state index in [4.69, 9.17) is 22.3 Å². The van der Waals surface area contributed by atoms with Crippen LogP contribution in [0.1, 0.15) is 6.92 Å². The highest BCUT2D eigenvalue weighted by Gasteiger charge is 2.12. The summed E-state index contributed by atoms with van der Waals surface area (Å²) in [6.45, 7) is 1.35. The van der Waals surface area contributed by atoms with Gasteiger partial charge in [-0.1, -0.05) is 0 Å². The minimum atomic E-state index is -1.48. The van der Waals surface area contributed by atoms with Gasteiger partial charge in [0.1, 0.15) is 6.29 Å². The summed E-state index contributed by atoms with van der Waals surface area (Å²) in [6.07, 6.45) is -0.782. The molecule has 0 bridgehead atoms. The number of aliphatic hydroxyl groups is 1. The number of hydrogen-bond acceptors (Lipinski definition) is 5. The molecule has 1 atom stereocenters. The Morgan fingerprint density at radius 3 is 2.00 bits per heavy atom. The van der Waals surface area contributed by atoms with Crippen molar-refractivity contribution in [1.82, 2.24) is 5.32 Å². The van der Waals surface area contributed by atoms with Gasteiger partial charge >= 0.3 is 0 Å². The highest BCUT2D eigenvalue weighted by atomic mass is 16.3. The van der Waals surface area contributed by atoms with Gasteiger partial charge in [-0.3, -0.25) is 5.73 Å². The largest absolute Gasteiger partial charge is 0.363 e. The number of nitrogens with one attached hydrogen (secondary N) is 1. The topological polar surface area (TPSA) is 110 Å². The van der Waals surface area contributed by atoms with Crippen molar-refractivity contribution in [2.24, 2.45) is 17.2 Å². The van der Waals surface area contributed by atoms with E-state index in [9.17, 15) is 0 Å². The molecule has 0 saturated carbocycles. The molecule has 0 amide bonds. The summed E-state index contributed by atoms with van der Waals surface area (Å²) in [4.78, 5) is 0. The Hall–Kier alpha value is -0.200. The minimum Gasteiger partial charge on any atom is -0.363 e. The van der Waals surface area contributed by atoms with Crippen molar-refractivity contribution in [2.45, 2.75) is 19.1 Å². The second kappa shape index (κ2) is 2.38. The van der Waals surface area contributed by atoms with Crippen molar-refractivity contribution in [3.05, 3.63) is 0 Å². The second-order valence-corrected chi connectivity index (χ2v) is 1.82. The molecule has 0 heterocycles. The Balaban J connectivity index is 3.39. The molecule has 0 saturated heterocycles. The van der Waals surface area contributed by atoms with Gasteiger partial charge in [0.25, 0.3) is 0 Å². The summed E-state index contributed by atoms with van der Waals surface area (Å²) in [7, 11) is 0. The van der Waals surface area contributed by atoms with E-state index in [0.717, 1.165) is 0 Å². The van der Waals surface area contributed by atoms with E-state index in [1.807, 2.05) is 0 Å². The van der Waals surface area contributed by atoms with Gasteiger partial charge in [-0.25, -0.2) is 5.32 Å². The molecule has 0 aromatic carbocycles. The number of rotatable bonds is 2. The zero-order valence-corrected chi connectivity index (χ0v) is 4.76. The molecule has 1 unspecified atom stereocenters. The van der Waals surface area contributed by atoms with Crippen LogP contribution in [0.5, 0.6) is 0 Å². The Labute approximate surface area is 47.8 Å². The molecule has 0 aliphatic rings. The fourth-order valence-electron chi connectivity index (χ4n) is 0.337. The summed E-state index contributed by atoms with van der Waals surface area (Å²) in [5.41, 5.74) is 15.0. The van der Waals surface area contributed by atoms with Crippen molar-refractivity contribution in [3.8, 4) is 0 Å². The summed E-state index contributed by atoms with van der Waals surface area (Å²) >= 11 is 0. The van der Waals surface area contributed by atoms with Gasteiger partial charge < -0.3 is 16.6 Å². The summed E-state index contributed by atoms with van der Waals surface area (Å²) in [6, 6.07) is 0. The highest BCUT2D eigenvalue weighted by molar-refractivity contribution is 4.60. The van der Waals surface area contributed by atoms with Crippen LogP contribution in [0, 0.1) is 0 Å². The lowest BCUT2D eigenvalue weighted by molar-refractivity contribution is 0.0199. The summed E-state index contributed by atoms with van der Waals surface area (Å²) in [5, 5.41) is 11.0. The first-order valence-corrected chi connectivity index (χ1v) is 2.22. The van der Waals surface area contributed by atoms with E-state index < -0.39 is 12.1 Å². The molecule has 8 heavy (non-hydrogen) atoms. The van der Waals surface area contributed by atoms with Crippen LogP contribution in [0.4, 0.5) is 0 Å². The van der Waals surface area contributed by atoms with Crippen molar-refractivity contribution >= 4 is 0 Å². The molecule has 0 aromatic heterocycles. The lowest BCUT2D eigenvalue weighted by atomic mass is 10.5. The van der Waals surface area contributed by atoms with E-state index in [1.54, 1.807) is 0 Å². The molecule has 0 aliphatic heterocycles. The summed E-state index contributed by atoms with van der Waals surface area (Å²) < 4.78 is 0. The Kier molecular flexibility index (Phi) is 2.32. The fraction of sp³-hybridized carbons (Fsp3) is 1.00. The first-order valence-electron chi connectivity index (χ1n) is 2.22. The first-order chi connectivity index (χ1) is 3.42. The van der Waals surface area contributed by atoms with Crippen LogP contribution < -0.4 is 22.5 Å². The van der Waals surface area contributed by atoms with Gasteiger partial charge in [-0.2, -0.15) is 0 Å². The minimum absolute atomic E-state index is 0.782. The molecule has 50 valence electrons. The molecule has 0 aliphatic carbocycles. The standard InChI is InChI=1S/C3H12N4O/c1-3(6,8)7-2(4)5/h2,7-8H,4-6H2,1H3. The lowest BCUT2D eigenvalue weighted by Gasteiger charge is -2.21. The zero-order valence-electron chi connectivity index (χ0n) is 4.76. The normalized spacial score (nSPS) is 18.8. The maximum atomic E-state index is 8.69. The van der Waals surface area contributed by atoms with Gasteiger partial charge in [-0.05, 0) is 6.92 Å². The third-order valence-electron chi connectivity index (χ3n) is 0.459. The maximum Gasteiger partial charge on any atom is 0.168 e. The van der Waals surface area contributed by atoms with Crippen LogP contribution in [0.15, 0.2) is 0 Å². The molecule has 5 nitrogen and oxygen atoms in total. The quantitative estimate of drug-likeness (QED) is 0.257. The van der Waals surface area contributed by atoms with Crippen molar-refractivity contribution in [1.29, 1.82) is 0 Å². The van der Waals surface area contributed by atoms with Gasteiger partial charge in [-0.15, -0.1) is 0 Å². The molecule has 0 fully saturated rings. The Bertz CT molecular complexity index is 66.2. The van der Waals surface area contributed by atoms with Crippen LogP contribution in [0.2, 0.25) is 0 Å². The zero-order chi connectivity index (χ0) is 6.78. The monoisotopic (exact) mass is 120 g/mol. The highest BCUT2D eigenvalue weighted by Crippen LogP contribution is 1.81. The molecule has 8 N–H and O–H groups in total. The Morgan fingerprint density at radius 2 is 2.00 bits per heavy atom. The third-order valence-corrected chi connectivity index (χ3v) is 0.459. The lowest BCUT2D eigenvalue weighted by Crippen LogP contribution is -2.61. The van der Waals surface area contributed by atoms with Gasteiger partial charge in [0.2, 0.25) is 0 Å². The van der Waals surface area contributed by atoms with E-state index in [1.165, 1.54) is 6.92 Å². The molecule has 0 spiro atoms. The average molecular weight is 120 g/mol. The van der Waals surface area contributed by atoms with Gasteiger partial charge in [0.15, 0.2) is 5.85 Å². The van der Waals surface area contributed by atoms with Gasteiger partial charge in [0.05, 0.1) is 0 Å². The molecule has 0 radical (unpaired) electrons. The second-order valence-electron chi connectivity index (χ2n) is 1.82. The van der Waals surface area contributed by atoms with Crippen LogP contribution >= 0.6 is 0 Å². The fourth-order valence-corrected chi connectivity index (χ4v) is 0.337. The van der Waals surface area contributed by atoms with E-state index in [-0.39, 0.29) is 0 Å². The van der Waals surface area contributed by atoms with Crippen LogP contribution in [0.25, 0.3) is 0 Å². The third kappa shape index (κ3) is 5.80. The summed E-state index contributed by atoms with van der Waals surface area (Å²) in [5.74, 6) is -1.48. The van der Waals surface area contributed by atoms with Gasteiger partial charge in [0, 0.05) is 0 Å². The molecule has 0 aromatic rings. The Morgan fingerprint density at radius 1 is 1.62 bits per heavy atom. The molecular weight excluding hydrogens is 108 g/mol.